The van der Waals surface area contributed by atoms with E-state index < -0.39 is 0 Å². The number of anilines is 1. The Balaban J connectivity index is 2.34. The molecule has 92 valence electrons. The van der Waals surface area contributed by atoms with Crippen LogP contribution in [0.3, 0.4) is 0 Å². The number of nitrogens with one attached hydrogen (secondary N) is 1. The number of hydrogen-bond acceptors (Lipinski definition) is 3. The van der Waals surface area contributed by atoms with Crippen molar-refractivity contribution in [3.63, 3.8) is 0 Å². The van der Waals surface area contributed by atoms with E-state index in [1.165, 1.54) is 0 Å². The lowest BCUT2D eigenvalue weighted by molar-refractivity contribution is 0.147. The molecular formula is C12H23N3O. The van der Waals surface area contributed by atoms with Gasteiger partial charge in [-0.15, -0.1) is 0 Å². The summed E-state index contributed by atoms with van der Waals surface area (Å²) in [6.07, 6.45) is 4.24. The Morgan fingerprint density at radius 2 is 2.25 bits per heavy atom. The third-order valence-electron chi connectivity index (χ3n) is 2.31. The predicted molar refractivity (Wildman–Crippen MR) is 66.9 cm³/mol. The van der Waals surface area contributed by atoms with Crippen molar-refractivity contribution < 1.29 is 4.74 Å². The van der Waals surface area contributed by atoms with Gasteiger partial charge in [0.1, 0.15) is 0 Å². The maximum atomic E-state index is 5.29. The van der Waals surface area contributed by atoms with Crippen LogP contribution in [0.15, 0.2) is 6.20 Å². The van der Waals surface area contributed by atoms with Crippen LogP contribution in [0.1, 0.15) is 32.4 Å². The highest BCUT2D eigenvalue weighted by Crippen LogP contribution is 2.08. The van der Waals surface area contributed by atoms with Gasteiger partial charge in [-0.25, -0.2) is 4.98 Å². The number of aryl methyl sites for hydroxylation is 2. The van der Waals surface area contributed by atoms with Gasteiger partial charge in [-0.05, 0) is 26.7 Å². The molecule has 0 atom stereocenters. The van der Waals surface area contributed by atoms with E-state index in [9.17, 15) is 0 Å². The first-order valence-corrected chi connectivity index (χ1v) is 6.13. The molecular weight excluding hydrogens is 202 g/mol. The molecule has 4 nitrogen and oxygen atoms in total. The van der Waals surface area contributed by atoms with Gasteiger partial charge in [-0.1, -0.05) is 6.92 Å². The summed E-state index contributed by atoms with van der Waals surface area (Å²) in [6.45, 7) is 9.77. The van der Waals surface area contributed by atoms with Crippen molar-refractivity contribution in [3.8, 4) is 0 Å². The molecule has 0 aliphatic rings. The summed E-state index contributed by atoms with van der Waals surface area (Å²) in [5.41, 5.74) is 1.07. The zero-order valence-corrected chi connectivity index (χ0v) is 10.6. The van der Waals surface area contributed by atoms with Crippen molar-refractivity contribution in [3.05, 3.63) is 11.9 Å². The predicted octanol–water partition coefficient (Wildman–Crippen LogP) is 2.44. The molecule has 1 aromatic heterocycles. The van der Waals surface area contributed by atoms with Crippen molar-refractivity contribution in [1.82, 2.24) is 9.55 Å². The molecule has 0 saturated carbocycles. The number of aromatic nitrogens is 2. The summed E-state index contributed by atoms with van der Waals surface area (Å²) in [7, 11) is 0. The number of hydrogen-bond donors (Lipinski definition) is 1. The van der Waals surface area contributed by atoms with Crippen LogP contribution in [0, 0.1) is 6.92 Å². The molecule has 0 amide bonds. The Hall–Kier alpha value is -1.03. The van der Waals surface area contributed by atoms with Crippen LogP contribution in [0.25, 0.3) is 0 Å². The lowest BCUT2D eigenvalue weighted by atomic mass is 10.4. The third kappa shape index (κ3) is 4.23. The van der Waals surface area contributed by atoms with Crippen LogP contribution in [-0.2, 0) is 11.3 Å². The summed E-state index contributed by atoms with van der Waals surface area (Å²) in [5, 5.41) is 3.35. The molecule has 0 bridgehead atoms. The lowest BCUT2D eigenvalue weighted by Gasteiger charge is -2.08. The minimum atomic E-state index is 0.795. The van der Waals surface area contributed by atoms with E-state index in [1.807, 2.05) is 13.8 Å². The quantitative estimate of drug-likeness (QED) is 0.691. The van der Waals surface area contributed by atoms with Gasteiger partial charge in [0.25, 0.3) is 0 Å². The van der Waals surface area contributed by atoms with Crippen LogP contribution in [0.5, 0.6) is 0 Å². The third-order valence-corrected chi connectivity index (χ3v) is 2.31. The van der Waals surface area contributed by atoms with E-state index >= 15 is 0 Å². The van der Waals surface area contributed by atoms with Crippen LogP contribution >= 0.6 is 0 Å². The SMILES string of the molecule is CCCn1cc(C)nc1NCCCOCC. The number of ether oxygens (including phenoxy) is 1. The van der Waals surface area contributed by atoms with Gasteiger partial charge >= 0.3 is 0 Å². The van der Waals surface area contributed by atoms with Gasteiger partial charge in [0.2, 0.25) is 5.95 Å². The first-order valence-electron chi connectivity index (χ1n) is 6.13. The monoisotopic (exact) mass is 225 g/mol. The van der Waals surface area contributed by atoms with Crippen molar-refractivity contribution in [2.24, 2.45) is 0 Å². The molecule has 1 rings (SSSR count). The van der Waals surface area contributed by atoms with Crippen LogP contribution in [0.2, 0.25) is 0 Å². The Morgan fingerprint density at radius 3 is 2.94 bits per heavy atom. The van der Waals surface area contributed by atoms with Crippen molar-refractivity contribution in [2.75, 3.05) is 25.1 Å². The molecule has 0 fully saturated rings. The first-order chi connectivity index (χ1) is 7.77. The fourth-order valence-electron chi connectivity index (χ4n) is 1.62. The first kappa shape index (κ1) is 13.0. The molecule has 0 unspecified atom stereocenters. The van der Waals surface area contributed by atoms with Crippen LogP contribution in [0.4, 0.5) is 5.95 Å². The van der Waals surface area contributed by atoms with E-state index in [-0.39, 0.29) is 0 Å². The Bertz CT molecular complexity index is 296. The molecule has 0 saturated heterocycles. The number of nitrogens with zero attached hydrogens (tertiary/aromatic N) is 2. The van der Waals surface area contributed by atoms with Gasteiger partial charge in [0.05, 0.1) is 5.69 Å². The highest BCUT2D eigenvalue weighted by molar-refractivity contribution is 5.28. The van der Waals surface area contributed by atoms with Gasteiger partial charge in [-0.3, -0.25) is 0 Å². The zero-order chi connectivity index (χ0) is 11.8. The van der Waals surface area contributed by atoms with Crippen molar-refractivity contribution in [1.29, 1.82) is 0 Å². The highest BCUT2D eigenvalue weighted by atomic mass is 16.5. The smallest absolute Gasteiger partial charge is 0.203 e. The summed E-state index contributed by atoms with van der Waals surface area (Å²) >= 11 is 0. The fraction of sp³-hybridized carbons (Fsp3) is 0.750. The normalized spacial score (nSPS) is 10.7. The van der Waals surface area contributed by atoms with E-state index in [0.717, 1.165) is 50.8 Å². The minimum absolute atomic E-state index is 0.795. The molecule has 1 N–H and O–H groups in total. The zero-order valence-electron chi connectivity index (χ0n) is 10.6. The topological polar surface area (TPSA) is 39.1 Å². The minimum Gasteiger partial charge on any atom is -0.382 e. The molecule has 0 aliphatic heterocycles. The Kier molecular flexibility index (Phi) is 5.93. The number of imidazole rings is 1. The molecule has 0 aliphatic carbocycles. The van der Waals surface area contributed by atoms with Gasteiger partial charge in [0, 0.05) is 32.5 Å². The Morgan fingerprint density at radius 1 is 1.44 bits per heavy atom. The molecule has 16 heavy (non-hydrogen) atoms. The van der Waals surface area contributed by atoms with Crippen LogP contribution < -0.4 is 5.32 Å². The fourth-order valence-corrected chi connectivity index (χ4v) is 1.62. The second kappa shape index (κ2) is 7.28. The van der Waals surface area contributed by atoms with E-state index in [0.29, 0.717) is 0 Å². The summed E-state index contributed by atoms with van der Waals surface area (Å²) < 4.78 is 7.46. The van der Waals surface area contributed by atoms with Crippen molar-refractivity contribution in [2.45, 2.75) is 40.2 Å². The van der Waals surface area contributed by atoms with E-state index in [4.69, 9.17) is 4.74 Å². The molecule has 4 heteroatoms. The largest absolute Gasteiger partial charge is 0.382 e. The second-order valence-electron chi connectivity index (χ2n) is 3.88. The Labute approximate surface area is 98.0 Å². The van der Waals surface area contributed by atoms with E-state index in [2.05, 4.69) is 28.0 Å². The van der Waals surface area contributed by atoms with Gasteiger partial charge in [0.15, 0.2) is 0 Å². The molecule has 0 aromatic carbocycles. The van der Waals surface area contributed by atoms with Gasteiger partial charge in [-0.2, -0.15) is 0 Å². The van der Waals surface area contributed by atoms with Crippen molar-refractivity contribution >= 4 is 5.95 Å². The molecule has 0 spiro atoms. The number of rotatable bonds is 8. The summed E-state index contributed by atoms with van der Waals surface area (Å²) in [6, 6.07) is 0. The highest BCUT2D eigenvalue weighted by Gasteiger charge is 2.03. The maximum Gasteiger partial charge on any atom is 0.203 e. The maximum absolute atomic E-state index is 5.29. The summed E-state index contributed by atoms with van der Waals surface area (Å²) in [4.78, 5) is 4.46. The average Bonchev–Trinajstić information content (AvgIpc) is 2.59. The molecule has 0 radical (unpaired) electrons. The lowest BCUT2D eigenvalue weighted by Crippen LogP contribution is -2.10. The summed E-state index contributed by atoms with van der Waals surface area (Å²) in [5.74, 6) is 0.982. The molecule has 1 heterocycles. The average molecular weight is 225 g/mol. The molecule has 1 aromatic rings. The second-order valence-corrected chi connectivity index (χ2v) is 3.88. The van der Waals surface area contributed by atoms with Crippen LogP contribution in [-0.4, -0.2) is 29.3 Å². The standard InChI is InChI=1S/C12H23N3O/c1-4-8-15-10-11(3)14-12(15)13-7-6-9-16-5-2/h10H,4-9H2,1-3H3,(H,13,14). The van der Waals surface area contributed by atoms with Gasteiger partial charge < -0.3 is 14.6 Å². The van der Waals surface area contributed by atoms with E-state index in [1.54, 1.807) is 0 Å².